The van der Waals surface area contributed by atoms with Crippen molar-refractivity contribution in [3.8, 4) is 0 Å². The van der Waals surface area contributed by atoms with Crippen LogP contribution in [0, 0.1) is 34.6 Å². The molecular weight excluding hydrogens is 204 g/mol. The van der Waals surface area contributed by atoms with E-state index in [1.54, 1.807) is 0 Å². The molecule has 0 aliphatic rings. The van der Waals surface area contributed by atoms with Gasteiger partial charge in [0, 0.05) is 0 Å². The van der Waals surface area contributed by atoms with Crippen molar-refractivity contribution in [3.63, 3.8) is 0 Å². The molecule has 0 bridgehead atoms. The van der Waals surface area contributed by atoms with E-state index in [4.69, 9.17) is 0 Å². The van der Waals surface area contributed by atoms with Crippen LogP contribution in [0.15, 0.2) is 42.5 Å². The van der Waals surface area contributed by atoms with Gasteiger partial charge in [-0.3, -0.25) is 0 Å². The summed E-state index contributed by atoms with van der Waals surface area (Å²) >= 11 is 0. The van der Waals surface area contributed by atoms with Crippen molar-refractivity contribution >= 4 is 0 Å². The highest BCUT2D eigenvalue weighted by Crippen LogP contribution is 2.13. The Balaban J connectivity index is 0.000000181. The zero-order chi connectivity index (χ0) is 12.8. The fourth-order valence-electron chi connectivity index (χ4n) is 1.64. The largest absolute Gasteiger partial charge is 0.0622 e. The van der Waals surface area contributed by atoms with Gasteiger partial charge in [0.25, 0.3) is 0 Å². The van der Waals surface area contributed by atoms with Crippen molar-refractivity contribution < 1.29 is 0 Å². The summed E-state index contributed by atoms with van der Waals surface area (Å²) in [5.74, 6) is 0. The molecule has 0 unspecified atom stereocenters. The average Bonchev–Trinajstić information content (AvgIpc) is 2.28. The molecule has 0 fully saturated rings. The first-order valence-corrected chi connectivity index (χ1v) is 6.07. The first kappa shape index (κ1) is 13.5. The van der Waals surface area contributed by atoms with Crippen molar-refractivity contribution in [2.75, 3.05) is 0 Å². The van der Waals surface area contributed by atoms with Crippen LogP contribution in [0.5, 0.6) is 0 Å². The normalized spacial score (nSPS) is 9.47. The van der Waals surface area contributed by atoms with Gasteiger partial charge in [0.05, 0.1) is 0 Å². The van der Waals surface area contributed by atoms with E-state index in [-0.39, 0.29) is 0 Å². The van der Waals surface area contributed by atoms with E-state index in [2.05, 4.69) is 58.9 Å². The minimum absolute atomic E-state index is 1.32. The van der Waals surface area contributed by atoms with Crippen LogP contribution in [-0.2, 0) is 0 Å². The fraction of sp³-hybridized carbons (Fsp3) is 0.294. The van der Waals surface area contributed by atoms with Crippen molar-refractivity contribution in [1.29, 1.82) is 0 Å². The Morgan fingerprint density at radius 2 is 0.882 bits per heavy atom. The van der Waals surface area contributed by atoms with Gasteiger partial charge < -0.3 is 0 Å². The van der Waals surface area contributed by atoms with Crippen LogP contribution in [0.3, 0.4) is 0 Å². The zero-order valence-corrected chi connectivity index (χ0v) is 11.5. The maximum atomic E-state index is 2.24. The summed E-state index contributed by atoms with van der Waals surface area (Å²) in [6.45, 7) is 10.7. The third kappa shape index (κ3) is 4.44. The van der Waals surface area contributed by atoms with E-state index < -0.39 is 0 Å². The van der Waals surface area contributed by atoms with Gasteiger partial charge in [-0.25, -0.2) is 0 Å². The highest BCUT2D eigenvalue weighted by molar-refractivity contribution is 5.35. The van der Waals surface area contributed by atoms with Crippen LogP contribution in [0.2, 0.25) is 0 Å². The van der Waals surface area contributed by atoms with Crippen LogP contribution in [0.25, 0.3) is 0 Å². The van der Waals surface area contributed by atoms with E-state index in [0.29, 0.717) is 0 Å². The third-order valence-electron chi connectivity index (χ3n) is 3.05. The molecule has 2 aromatic carbocycles. The van der Waals surface area contributed by atoms with E-state index in [1.165, 1.54) is 27.8 Å². The molecule has 0 atom stereocenters. The van der Waals surface area contributed by atoms with Crippen LogP contribution < -0.4 is 0 Å². The van der Waals surface area contributed by atoms with Crippen LogP contribution in [0.4, 0.5) is 0 Å². The summed E-state index contributed by atoms with van der Waals surface area (Å²) in [6.07, 6.45) is 0. The molecule has 0 radical (unpaired) electrons. The number of hydrogen-bond donors (Lipinski definition) is 0. The summed E-state index contributed by atoms with van der Waals surface area (Å²) < 4.78 is 0. The second-order valence-corrected chi connectivity index (χ2v) is 4.68. The van der Waals surface area contributed by atoms with Gasteiger partial charge in [0.15, 0.2) is 0 Å². The topological polar surface area (TPSA) is 0 Å². The van der Waals surface area contributed by atoms with Crippen molar-refractivity contribution in [2.45, 2.75) is 34.6 Å². The van der Waals surface area contributed by atoms with Gasteiger partial charge in [-0.05, 0) is 56.9 Å². The van der Waals surface area contributed by atoms with E-state index in [0.717, 1.165) is 0 Å². The third-order valence-corrected chi connectivity index (χ3v) is 3.05. The lowest BCUT2D eigenvalue weighted by molar-refractivity contribution is 1.24. The van der Waals surface area contributed by atoms with Gasteiger partial charge in [0.1, 0.15) is 0 Å². The fourth-order valence-corrected chi connectivity index (χ4v) is 1.64. The Kier molecular flexibility index (Phi) is 4.96. The standard InChI is InChI=1S/C10H14.C7H8/c1-7-5-9(3)10(4)6-8(7)2;1-7-5-3-2-4-6-7/h5-6H,1-4H3;2-6H,1H3. The maximum Gasteiger partial charge on any atom is -0.0395 e. The molecule has 0 heteroatoms. The zero-order valence-electron chi connectivity index (χ0n) is 11.5. The lowest BCUT2D eigenvalue weighted by Gasteiger charge is -2.04. The molecule has 0 nitrogen and oxygen atoms in total. The van der Waals surface area contributed by atoms with E-state index in [1.807, 2.05) is 18.2 Å². The molecule has 2 aromatic rings. The first-order valence-electron chi connectivity index (χ1n) is 6.07. The smallest absolute Gasteiger partial charge is 0.0395 e. The lowest BCUT2D eigenvalue weighted by Crippen LogP contribution is -1.86. The molecule has 0 saturated carbocycles. The summed E-state index contributed by atoms with van der Waals surface area (Å²) in [4.78, 5) is 0. The van der Waals surface area contributed by atoms with Gasteiger partial charge in [-0.2, -0.15) is 0 Å². The van der Waals surface area contributed by atoms with Crippen LogP contribution >= 0.6 is 0 Å². The van der Waals surface area contributed by atoms with Gasteiger partial charge in [0.2, 0.25) is 0 Å². The van der Waals surface area contributed by atoms with Gasteiger partial charge >= 0.3 is 0 Å². The molecule has 2 rings (SSSR count). The molecule has 0 N–H and O–H groups in total. The van der Waals surface area contributed by atoms with E-state index >= 15 is 0 Å². The number of rotatable bonds is 0. The minimum Gasteiger partial charge on any atom is -0.0622 e. The Labute approximate surface area is 105 Å². The molecule has 0 heterocycles. The SMILES string of the molecule is Cc1cc(C)c(C)cc1C.Cc1ccccc1. The van der Waals surface area contributed by atoms with Gasteiger partial charge in [-0.15, -0.1) is 0 Å². The summed E-state index contributed by atoms with van der Waals surface area (Å²) in [5.41, 5.74) is 6.89. The molecule has 0 aliphatic carbocycles. The number of benzene rings is 2. The molecule has 0 saturated heterocycles. The Hall–Kier alpha value is -1.56. The monoisotopic (exact) mass is 226 g/mol. The molecule has 0 amide bonds. The second kappa shape index (κ2) is 6.24. The quantitative estimate of drug-likeness (QED) is 0.598. The van der Waals surface area contributed by atoms with E-state index in [9.17, 15) is 0 Å². The number of aryl methyl sites for hydroxylation is 5. The Morgan fingerprint density at radius 3 is 1.12 bits per heavy atom. The Morgan fingerprint density at radius 1 is 0.529 bits per heavy atom. The van der Waals surface area contributed by atoms with Crippen molar-refractivity contribution in [3.05, 3.63) is 70.3 Å². The predicted octanol–water partition coefficient (Wildman–Crippen LogP) is 4.92. The molecule has 90 valence electrons. The molecule has 0 aromatic heterocycles. The van der Waals surface area contributed by atoms with Crippen LogP contribution in [0.1, 0.15) is 27.8 Å². The molecular formula is C17H22. The molecule has 0 spiro atoms. The maximum absolute atomic E-state index is 2.24. The molecule has 0 aliphatic heterocycles. The second-order valence-electron chi connectivity index (χ2n) is 4.68. The lowest BCUT2D eigenvalue weighted by atomic mass is 10.0. The van der Waals surface area contributed by atoms with Crippen molar-refractivity contribution in [2.24, 2.45) is 0 Å². The summed E-state index contributed by atoms with van der Waals surface area (Å²) in [6, 6.07) is 14.7. The van der Waals surface area contributed by atoms with Crippen molar-refractivity contribution in [1.82, 2.24) is 0 Å². The minimum atomic E-state index is 1.32. The predicted molar refractivity (Wildman–Crippen MR) is 76.6 cm³/mol. The molecule has 17 heavy (non-hydrogen) atoms. The number of hydrogen-bond acceptors (Lipinski definition) is 0. The van der Waals surface area contributed by atoms with Gasteiger partial charge in [-0.1, -0.05) is 48.0 Å². The summed E-state index contributed by atoms with van der Waals surface area (Å²) in [5, 5.41) is 0. The summed E-state index contributed by atoms with van der Waals surface area (Å²) in [7, 11) is 0. The highest BCUT2D eigenvalue weighted by Gasteiger charge is 1.95. The highest BCUT2D eigenvalue weighted by atomic mass is 14.0. The average molecular weight is 226 g/mol. The first-order chi connectivity index (χ1) is 8.00. The Bertz CT molecular complexity index is 417. The van der Waals surface area contributed by atoms with Crippen LogP contribution in [-0.4, -0.2) is 0 Å².